The number of aryl methyl sites for hydroxylation is 1. The number of thiazole rings is 1. The molecule has 1 aliphatic rings. The first kappa shape index (κ1) is 14.9. The molecule has 5 rings (SSSR count). The Hall–Kier alpha value is -2.38. The van der Waals surface area contributed by atoms with Crippen molar-refractivity contribution < 1.29 is 4.79 Å². The molecule has 0 aliphatic carbocycles. The van der Waals surface area contributed by atoms with Gasteiger partial charge >= 0.3 is 0 Å². The predicted octanol–water partition coefficient (Wildman–Crippen LogP) is 3.99. The summed E-state index contributed by atoms with van der Waals surface area (Å²) in [5.74, 6) is 0.0336. The monoisotopic (exact) mass is 366 g/mol. The topological polar surface area (TPSA) is 59.3 Å². The number of carbonyl (C=O) groups excluding carboxylic acids is 1. The number of fused-ring (bicyclic) bond motifs is 4. The van der Waals surface area contributed by atoms with Crippen molar-refractivity contribution in [3.05, 3.63) is 54.1 Å². The minimum absolute atomic E-state index is 0.0336. The van der Waals surface area contributed by atoms with Gasteiger partial charge < -0.3 is 5.32 Å². The molecular weight excluding hydrogens is 352 g/mol. The Morgan fingerprint density at radius 2 is 1.96 bits per heavy atom. The van der Waals surface area contributed by atoms with Gasteiger partial charge in [0, 0.05) is 5.69 Å². The van der Waals surface area contributed by atoms with Gasteiger partial charge in [0.05, 0.1) is 15.5 Å². The number of para-hydroxylation sites is 2. The number of carbonyl (C=O) groups is 1. The second-order valence-corrected chi connectivity index (χ2v) is 8.14. The third-order valence-electron chi connectivity index (χ3n) is 4.40. The van der Waals surface area contributed by atoms with Gasteiger partial charge in [0.15, 0.2) is 5.16 Å². The zero-order chi connectivity index (χ0) is 16.8. The van der Waals surface area contributed by atoms with E-state index in [9.17, 15) is 4.79 Å². The molecule has 2 aromatic heterocycles. The minimum atomic E-state index is -0.182. The molecule has 0 radical (unpaired) electrons. The Balaban J connectivity index is 1.50. The van der Waals surface area contributed by atoms with Gasteiger partial charge in [-0.1, -0.05) is 53.4 Å². The molecule has 1 atom stereocenters. The van der Waals surface area contributed by atoms with Crippen LogP contribution in [0.4, 0.5) is 5.69 Å². The average molecular weight is 366 g/mol. The van der Waals surface area contributed by atoms with E-state index in [4.69, 9.17) is 0 Å². The highest BCUT2D eigenvalue weighted by molar-refractivity contribution is 8.00. The zero-order valence-corrected chi connectivity index (χ0v) is 14.8. The van der Waals surface area contributed by atoms with Crippen molar-refractivity contribution in [2.24, 2.45) is 0 Å². The molecule has 1 unspecified atom stereocenters. The van der Waals surface area contributed by atoms with E-state index < -0.39 is 0 Å². The van der Waals surface area contributed by atoms with Gasteiger partial charge in [-0.25, -0.2) is 0 Å². The molecule has 0 bridgehead atoms. The number of hydrogen-bond acceptors (Lipinski definition) is 5. The molecule has 7 heteroatoms. The maximum absolute atomic E-state index is 12.7. The molecule has 124 valence electrons. The standard InChI is InChI=1S/C18H14N4OS2/c23-16-15(10-9-11-5-1-2-6-12(11)19-16)25-18-21-20-17-22(18)13-7-3-4-8-14(13)24-17/h1-8,15H,9-10H2,(H,19,23). The van der Waals surface area contributed by atoms with E-state index in [0.717, 1.165) is 34.2 Å². The smallest absolute Gasteiger partial charge is 0.237 e. The van der Waals surface area contributed by atoms with Crippen LogP contribution in [0.15, 0.2) is 53.7 Å². The molecule has 4 aromatic rings. The quantitative estimate of drug-likeness (QED) is 0.583. The summed E-state index contributed by atoms with van der Waals surface area (Å²) in [5.41, 5.74) is 3.20. The fourth-order valence-corrected chi connectivity index (χ4v) is 5.22. The van der Waals surface area contributed by atoms with Crippen LogP contribution in [0.1, 0.15) is 12.0 Å². The second-order valence-electron chi connectivity index (χ2n) is 5.96. The SMILES string of the molecule is O=C1Nc2ccccc2CCC1Sc1nnc2sc3ccccc3n12. The molecule has 25 heavy (non-hydrogen) atoms. The van der Waals surface area contributed by atoms with Gasteiger partial charge in [-0.05, 0) is 36.6 Å². The lowest BCUT2D eigenvalue weighted by molar-refractivity contribution is -0.115. The first-order chi connectivity index (χ1) is 12.3. The summed E-state index contributed by atoms with van der Waals surface area (Å²) in [5, 5.41) is 12.3. The summed E-state index contributed by atoms with van der Waals surface area (Å²) >= 11 is 3.11. The molecule has 1 aliphatic heterocycles. The number of rotatable bonds is 2. The predicted molar refractivity (Wildman–Crippen MR) is 101 cm³/mol. The van der Waals surface area contributed by atoms with Crippen LogP contribution >= 0.6 is 23.1 Å². The normalized spacial score (nSPS) is 17.4. The number of benzene rings is 2. The van der Waals surface area contributed by atoms with Gasteiger partial charge in [-0.2, -0.15) is 0 Å². The van der Waals surface area contributed by atoms with Gasteiger partial charge in [0.2, 0.25) is 10.9 Å². The summed E-state index contributed by atoms with van der Waals surface area (Å²) < 4.78 is 3.22. The van der Waals surface area contributed by atoms with Crippen LogP contribution in [-0.2, 0) is 11.2 Å². The number of aromatic nitrogens is 3. The van der Waals surface area contributed by atoms with Crippen LogP contribution in [0.25, 0.3) is 15.2 Å². The summed E-state index contributed by atoms with van der Waals surface area (Å²) in [7, 11) is 0. The largest absolute Gasteiger partial charge is 0.325 e. The molecule has 5 nitrogen and oxygen atoms in total. The van der Waals surface area contributed by atoms with Crippen molar-refractivity contribution in [3.63, 3.8) is 0 Å². The number of nitrogens with zero attached hydrogens (tertiary/aromatic N) is 3. The maximum atomic E-state index is 12.7. The Morgan fingerprint density at radius 3 is 2.92 bits per heavy atom. The highest BCUT2D eigenvalue weighted by atomic mass is 32.2. The lowest BCUT2D eigenvalue weighted by Crippen LogP contribution is -2.23. The highest BCUT2D eigenvalue weighted by Crippen LogP contribution is 2.34. The highest BCUT2D eigenvalue weighted by Gasteiger charge is 2.27. The second kappa shape index (κ2) is 5.86. The molecule has 0 saturated heterocycles. The maximum Gasteiger partial charge on any atom is 0.237 e. The summed E-state index contributed by atoms with van der Waals surface area (Å²) in [6.07, 6.45) is 1.66. The van der Waals surface area contributed by atoms with E-state index in [2.05, 4.69) is 38.1 Å². The van der Waals surface area contributed by atoms with Crippen LogP contribution in [0.5, 0.6) is 0 Å². The van der Waals surface area contributed by atoms with E-state index >= 15 is 0 Å². The molecule has 1 N–H and O–H groups in total. The van der Waals surface area contributed by atoms with Crippen molar-refractivity contribution in [2.75, 3.05) is 5.32 Å². The lowest BCUT2D eigenvalue weighted by Gasteiger charge is -2.11. The minimum Gasteiger partial charge on any atom is -0.325 e. The van der Waals surface area contributed by atoms with E-state index in [1.54, 1.807) is 11.3 Å². The first-order valence-electron chi connectivity index (χ1n) is 8.08. The van der Waals surface area contributed by atoms with Crippen LogP contribution in [0.3, 0.4) is 0 Å². The Kier molecular flexibility index (Phi) is 3.50. The number of anilines is 1. The third-order valence-corrected chi connectivity index (χ3v) is 6.62. The van der Waals surface area contributed by atoms with Gasteiger partial charge in [-0.15, -0.1) is 10.2 Å². The van der Waals surface area contributed by atoms with E-state index in [1.165, 1.54) is 22.0 Å². The molecular formula is C18H14N4OS2. The Morgan fingerprint density at radius 1 is 1.12 bits per heavy atom. The van der Waals surface area contributed by atoms with Crippen LogP contribution in [0, 0.1) is 0 Å². The average Bonchev–Trinajstić information content (AvgIpc) is 3.14. The molecule has 3 heterocycles. The van der Waals surface area contributed by atoms with Crippen LogP contribution in [0.2, 0.25) is 0 Å². The van der Waals surface area contributed by atoms with E-state index in [1.807, 2.05) is 30.3 Å². The van der Waals surface area contributed by atoms with Crippen LogP contribution < -0.4 is 5.32 Å². The molecule has 0 spiro atoms. The van der Waals surface area contributed by atoms with Crippen molar-refractivity contribution in [2.45, 2.75) is 23.2 Å². The number of nitrogens with one attached hydrogen (secondary N) is 1. The van der Waals surface area contributed by atoms with Crippen molar-refractivity contribution >= 4 is 49.9 Å². The number of thioether (sulfide) groups is 1. The van der Waals surface area contributed by atoms with Gasteiger partial charge in [0.25, 0.3) is 0 Å². The van der Waals surface area contributed by atoms with E-state index in [-0.39, 0.29) is 11.2 Å². The molecule has 2 aromatic carbocycles. The zero-order valence-electron chi connectivity index (χ0n) is 13.2. The fourth-order valence-electron chi connectivity index (χ4n) is 3.16. The van der Waals surface area contributed by atoms with Crippen molar-refractivity contribution in [1.29, 1.82) is 0 Å². The Bertz CT molecular complexity index is 1100. The molecule has 0 saturated carbocycles. The van der Waals surface area contributed by atoms with E-state index in [0.29, 0.717) is 0 Å². The van der Waals surface area contributed by atoms with Crippen molar-refractivity contribution in [1.82, 2.24) is 14.6 Å². The number of amides is 1. The van der Waals surface area contributed by atoms with Gasteiger partial charge in [-0.3, -0.25) is 9.20 Å². The lowest BCUT2D eigenvalue weighted by atomic mass is 10.1. The third kappa shape index (κ3) is 2.51. The summed E-state index contributed by atoms with van der Waals surface area (Å²) in [6.45, 7) is 0. The molecule has 1 amide bonds. The summed E-state index contributed by atoms with van der Waals surface area (Å²) in [4.78, 5) is 13.5. The molecule has 0 fully saturated rings. The first-order valence-corrected chi connectivity index (χ1v) is 9.77. The summed E-state index contributed by atoms with van der Waals surface area (Å²) in [6, 6.07) is 16.2. The Labute approximate surface area is 152 Å². The van der Waals surface area contributed by atoms with Gasteiger partial charge in [0.1, 0.15) is 0 Å². The van der Waals surface area contributed by atoms with Crippen molar-refractivity contribution in [3.8, 4) is 0 Å². The van der Waals surface area contributed by atoms with Crippen LogP contribution in [-0.4, -0.2) is 25.8 Å². The fraction of sp³-hybridized carbons (Fsp3) is 0.167. The number of hydrogen-bond donors (Lipinski definition) is 1.